The Morgan fingerprint density at radius 1 is 1.04 bits per heavy atom. The lowest BCUT2D eigenvalue weighted by Gasteiger charge is -2.09. The Bertz CT molecular complexity index is 931. The Kier molecular flexibility index (Phi) is 4.34. The van der Waals surface area contributed by atoms with Crippen LogP contribution >= 0.6 is 0 Å². The van der Waals surface area contributed by atoms with Gasteiger partial charge in [0.15, 0.2) is 11.5 Å². The molecule has 0 saturated heterocycles. The van der Waals surface area contributed by atoms with Crippen LogP contribution in [-0.4, -0.2) is 22.7 Å². The monoisotopic (exact) mass is 348 g/mol. The molecule has 2 aromatic heterocycles. The second-order valence-electron chi connectivity index (χ2n) is 5.67. The molecule has 0 unspecified atom stereocenters. The summed E-state index contributed by atoms with van der Waals surface area (Å²) in [5.74, 6) is 1.17. The molecule has 1 aliphatic heterocycles. The summed E-state index contributed by atoms with van der Waals surface area (Å²) < 4.78 is 10.7. The van der Waals surface area contributed by atoms with Gasteiger partial charge in [-0.3, -0.25) is 14.8 Å². The Balaban J connectivity index is 1.43. The van der Waals surface area contributed by atoms with Crippen molar-refractivity contribution >= 4 is 17.3 Å². The van der Waals surface area contributed by atoms with Gasteiger partial charge in [-0.1, -0.05) is 6.07 Å². The van der Waals surface area contributed by atoms with Crippen LogP contribution in [0.25, 0.3) is 0 Å². The second-order valence-corrected chi connectivity index (χ2v) is 5.67. The molecule has 0 fully saturated rings. The Labute approximate surface area is 150 Å². The lowest BCUT2D eigenvalue weighted by atomic mass is 10.2. The van der Waals surface area contributed by atoms with Crippen molar-refractivity contribution in [1.29, 1.82) is 0 Å². The minimum atomic E-state index is -0.247. The molecule has 2 N–H and O–H groups in total. The number of hydrogen-bond acceptors (Lipinski definition) is 6. The van der Waals surface area contributed by atoms with Crippen molar-refractivity contribution in [2.75, 3.05) is 12.1 Å². The van der Waals surface area contributed by atoms with Crippen LogP contribution in [0.3, 0.4) is 0 Å². The van der Waals surface area contributed by atoms with Crippen LogP contribution in [0.2, 0.25) is 0 Å². The number of fused-ring (bicyclic) bond motifs is 1. The number of ether oxygens (including phenoxy) is 2. The maximum absolute atomic E-state index is 12.3. The molecule has 4 rings (SSSR count). The van der Waals surface area contributed by atoms with Gasteiger partial charge in [0.2, 0.25) is 6.79 Å². The first-order valence-corrected chi connectivity index (χ1v) is 8.08. The zero-order valence-electron chi connectivity index (χ0n) is 13.8. The lowest BCUT2D eigenvalue weighted by Crippen LogP contribution is -2.23. The highest BCUT2D eigenvalue weighted by atomic mass is 16.7. The fourth-order valence-electron chi connectivity index (χ4n) is 2.55. The molecule has 1 aromatic carbocycles. The highest BCUT2D eigenvalue weighted by Crippen LogP contribution is 2.35. The summed E-state index contributed by atoms with van der Waals surface area (Å²) in [6.45, 7) is 0.628. The third-order valence-corrected chi connectivity index (χ3v) is 3.83. The van der Waals surface area contributed by atoms with Crippen LogP contribution in [0.1, 0.15) is 16.1 Å². The molecule has 7 heteroatoms. The molecular weight excluding hydrogens is 332 g/mol. The summed E-state index contributed by atoms with van der Waals surface area (Å²) in [5, 5.41) is 6.07. The number of nitrogens with one attached hydrogen (secondary N) is 2. The number of aromatic nitrogens is 2. The van der Waals surface area contributed by atoms with Crippen molar-refractivity contribution in [3.05, 3.63) is 72.3 Å². The number of carbonyl (C=O) groups excluding carboxylic acids is 1. The molecule has 0 atom stereocenters. The van der Waals surface area contributed by atoms with Crippen LogP contribution in [0.4, 0.5) is 11.4 Å². The molecule has 0 radical (unpaired) electrons. The van der Waals surface area contributed by atoms with E-state index in [1.807, 2.05) is 30.3 Å². The average Bonchev–Trinajstić information content (AvgIpc) is 3.15. The van der Waals surface area contributed by atoms with E-state index in [4.69, 9.17) is 9.47 Å². The van der Waals surface area contributed by atoms with Gasteiger partial charge in [0, 0.05) is 42.6 Å². The highest BCUT2D eigenvalue weighted by molar-refractivity contribution is 5.93. The quantitative estimate of drug-likeness (QED) is 0.737. The van der Waals surface area contributed by atoms with E-state index >= 15 is 0 Å². The maximum atomic E-state index is 12.3. The van der Waals surface area contributed by atoms with E-state index in [2.05, 4.69) is 20.6 Å². The molecule has 26 heavy (non-hydrogen) atoms. The van der Waals surface area contributed by atoms with Crippen molar-refractivity contribution in [3.8, 4) is 11.5 Å². The van der Waals surface area contributed by atoms with Crippen molar-refractivity contribution < 1.29 is 14.3 Å². The van der Waals surface area contributed by atoms with Gasteiger partial charge in [0.05, 0.1) is 0 Å². The second kappa shape index (κ2) is 7.10. The Hall–Kier alpha value is -3.61. The standard InChI is InChI=1S/C19H16N4O3/c24-19(22-11-13-2-1-6-20-10-13)16-8-15(5-7-21-16)23-14-3-4-17-18(9-14)26-12-25-17/h1-10H,11-12H2,(H,21,23)(H,22,24). The number of benzene rings is 1. The summed E-state index contributed by atoms with van der Waals surface area (Å²) in [6, 6.07) is 12.8. The zero-order chi connectivity index (χ0) is 17.8. The number of nitrogens with zero attached hydrogens (tertiary/aromatic N) is 2. The highest BCUT2D eigenvalue weighted by Gasteiger charge is 2.13. The molecule has 3 heterocycles. The topological polar surface area (TPSA) is 85.4 Å². The minimum Gasteiger partial charge on any atom is -0.454 e. The third kappa shape index (κ3) is 3.56. The van der Waals surface area contributed by atoms with Crippen molar-refractivity contribution in [3.63, 3.8) is 0 Å². The number of hydrogen-bond donors (Lipinski definition) is 2. The molecule has 130 valence electrons. The zero-order valence-corrected chi connectivity index (χ0v) is 13.8. The average molecular weight is 348 g/mol. The number of carbonyl (C=O) groups is 1. The maximum Gasteiger partial charge on any atom is 0.270 e. The lowest BCUT2D eigenvalue weighted by molar-refractivity contribution is 0.0946. The Morgan fingerprint density at radius 3 is 2.81 bits per heavy atom. The van der Waals surface area contributed by atoms with E-state index in [0.29, 0.717) is 18.0 Å². The van der Waals surface area contributed by atoms with Crippen molar-refractivity contribution in [2.45, 2.75) is 6.54 Å². The molecule has 0 spiro atoms. The normalized spacial score (nSPS) is 11.8. The summed E-state index contributed by atoms with van der Waals surface area (Å²) in [5.41, 5.74) is 2.85. The first kappa shape index (κ1) is 15.9. The predicted octanol–water partition coefficient (Wildman–Crippen LogP) is 2.88. The summed E-state index contributed by atoms with van der Waals surface area (Å²) in [6.07, 6.45) is 5.00. The van der Waals surface area contributed by atoms with Gasteiger partial charge < -0.3 is 20.1 Å². The fourth-order valence-corrected chi connectivity index (χ4v) is 2.55. The van der Waals surface area contributed by atoms with Crippen LogP contribution in [0.5, 0.6) is 11.5 Å². The molecule has 0 aliphatic carbocycles. The molecule has 7 nitrogen and oxygen atoms in total. The Morgan fingerprint density at radius 2 is 1.92 bits per heavy atom. The van der Waals surface area contributed by atoms with E-state index in [1.165, 1.54) is 0 Å². The van der Waals surface area contributed by atoms with Gasteiger partial charge in [0.25, 0.3) is 5.91 Å². The number of pyridine rings is 2. The van der Waals surface area contributed by atoms with E-state index in [1.54, 1.807) is 30.7 Å². The molecule has 1 amide bonds. The molecular formula is C19H16N4O3. The largest absolute Gasteiger partial charge is 0.454 e. The van der Waals surface area contributed by atoms with Crippen LogP contribution in [-0.2, 0) is 6.54 Å². The number of rotatable bonds is 5. The molecule has 1 aliphatic rings. The van der Waals surface area contributed by atoms with Gasteiger partial charge in [-0.2, -0.15) is 0 Å². The van der Waals surface area contributed by atoms with Crippen LogP contribution in [0.15, 0.2) is 61.1 Å². The number of amides is 1. The first-order valence-electron chi connectivity index (χ1n) is 8.08. The molecule has 0 saturated carbocycles. The summed E-state index contributed by atoms with van der Waals surface area (Å²) in [4.78, 5) is 20.5. The summed E-state index contributed by atoms with van der Waals surface area (Å²) >= 11 is 0. The number of anilines is 2. The van der Waals surface area contributed by atoms with E-state index < -0.39 is 0 Å². The van der Waals surface area contributed by atoms with Gasteiger partial charge in [0.1, 0.15) is 5.69 Å². The van der Waals surface area contributed by atoms with Crippen molar-refractivity contribution in [2.24, 2.45) is 0 Å². The summed E-state index contributed by atoms with van der Waals surface area (Å²) in [7, 11) is 0. The van der Waals surface area contributed by atoms with E-state index in [9.17, 15) is 4.79 Å². The predicted molar refractivity (Wildman–Crippen MR) is 95.5 cm³/mol. The molecule has 3 aromatic rings. The van der Waals surface area contributed by atoms with Gasteiger partial charge in [-0.25, -0.2) is 0 Å². The molecule has 0 bridgehead atoms. The van der Waals surface area contributed by atoms with Gasteiger partial charge >= 0.3 is 0 Å². The van der Waals surface area contributed by atoms with E-state index in [0.717, 1.165) is 22.7 Å². The third-order valence-electron chi connectivity index (χ3n) is 3.83. The van der Waals surface area contributed by atoms with Crippen LogP contribution < -0.4 is 20.1 Å². The minimum absolute atomic E-state index is 0.231. The SMILES string of the molecule is O=C(NCc1cccnc1)c1cc(Nc2ccc3c(c2)OCO3)ccn1. The van der Waals surface area contributed by atoms with Crippen molar-refractivity contribution in [1.82, 2.24) is 15.3 Å². The van der Waals surface area contributed by atoms with Gasteiger partial charge in [-0.15, -0.1) is 0 Å². The first-order chi connectivity index (χ1) is 12.8. The fraction of sp³-hybridized carbons (Fsp3) is 0.105. The van der Waals surface area contributed by atoms with Crippen LogP contribution in [0, 0.1) is 0 Å². The van der Waals surface area contributed by atoms with Gasteiger partial charge in [-0.05, 0) is 35.9 Å². The van der Waals surface area contributed by atoms with E-state index in [-0.39, 0.29) is 12.7 Å². The smallest absolute Gasteiger partial charge is 0.270 e.